The van der Waals surface area contributed by atoms with Crippen molar-refractivity contribution in [3.8, 4) is 0 Å². The second kappa shape index (κ2) is 6.68. The number of nitrogens with one attached hydrogen (secondary N) is 1. The first-order chi connectivity index (χ1) is 10.7. The van der Waals surface area contributed by atoms with E-state index in [4.69, 9.17) is 4.74 Å². The average Bonchev–Trinajstić information content (AvgIpc) is 2.44. The van der Waals surface area contributed by atoms with Gasteiger partial charge in [0.15, 0.2) is 0 Å². The SMILES string of the molecule is CC(C)(C)OC(=O)N1CCC(CNc2ccccn2)C(F)(F)C1. The molecule has 0 saturated carbocycles. The van der Waals surface area contributed by atoms with E-state index in [1.54, 1.807) is 45.2 Å². The Labute approximate surface area is 135 Å². The monoisotopic (exact) mass is 327 g/mol. The molecule has 1 aromatic rings. The van der Waals surface area contributed by atoms with Crippen LogP contribution in [-0.2, 0) is 4.74 Å². The number of hydrogen-bond donors (Lipinski definition) is 1. The van der Waals surface area contributed by atoms with E-state index in [-0.39, 0.29) is 19.5 Å². The minimum Gasteiger partial charge on any atom is -0.444 e. The number of aromatic nitrogens is 1. The van der Waals surface area contributed by atoms with Gasteiger partial charge in [-0.15, -0.1) is 0 Å². The largest absolute Gasteiger partial charge is 0.444 e. The van der Waals surface area contributed by atoms with Gasteiger partial charge in [0.25, 0.3) is 5.92 Å². The Kier molecular flexibility index (Phi) is 5.06. The maximum absolute atomic E-state index is 14.3. The molecule has 1 unspecified atom stereocenters. The molecule has 128 valence electrons. The predicted octanol–water partition coefficient (Wildman–Crippen LogP) is 3.39. The summed E-state index contributed by atoms with van der Waals surface area (Å²) >= 11 is 0. The van der Waals surface area contributed by atoms with Gasteiger partial charge in [-0.25, -0.2) is 18.6 Å². The summed E-state index contributed by atoms with van der Waals surface area (Å²) in [5.74, 6) is -3.24. The fourth-order valence-electron chi connectivity index (χ4n) is 2.41. The first kappa shape index (κ1) is 17.4. The Hall–Kier alpha value is -1.92. The minimum atomic E-state index is -2.96. The number of ether oxygens (including phenoxy) is 1. The van der Waals surface area contributed by atoms with E-state index >= 15 is 0 Å². The Balaban J connectivity index is 1.91. The van der Waals surface area contributed by atoms with Gasteiger partial charge in [0.2, 0.25) is 0 Å². The Morgan fingerprint density at radius 3 is 2.78 bits per heavy atom. The van der Waals surface area contributed by atoms with Gasteiger partial charge in [0, 0.05) is 25.2 Å². The first-order valence-electron chi connectivity index (χ1n) is 7.68. The lowest BCUT2D eigenvalue weighted by Gasteiger charge is -2.38. The molecule has 1 aromatic heterocycles. The van der Waals surface area contributed by atoms with E-state index in [2.05, 4.69) is 10.3 Å². The number of amides is 1. The average molecular weight is 327 g/mol. The van der Waals surface area contributed by atoms with Crippen molar-refractivity contribution in [2.75, 3.05) is 25.0 Å². The van der Waals surface area contributed by atoms with Crippen LogP contribution in [0.5, 0.6) is 0 Å². The van der Waals surface area contributed by atoms with Crippen LogP contribution in [0.2, 0.25) is 0 Å². The van der Waals surface area contributed by atoms with Crippen LogP contribution >= 0.6 is 0 Å². The van der Waals surface area contributed by atoms with Crippen molar-refractivity contribution in [3.63, 3.8) is 0 Å². The highest BCUT2D eigenvalue weighted by molar-refractivity contribution is 5.68. The molecule has 1 saturated heterocycles. The second-order valence-corrected chi connectivity index (χ2v) is 6.74. The van der Waals surface area contributed by atoms with Crippen LogP contribution in [0.3, 0.4) is 0 Å². The lowest BCUT2D eigenvalue weighted by Crippen LogP contribution is -2.53. The fourth-order valence-corrected chi connectivity index (χ4v) is 2.41. The quantitative estimate of drug-likeness (QED) is 0.924. The zero-order valence-corrected chi connectivity index (χ0v) is 13.7. The topological polar surface area (TPSA) is 54.5 Å². The van der Waals surface area contributed by atoms with Crippen LogP contribution in [0.4, 0.5) is 19.4 Å². The number of alkyl halides is 2. The molecule has 1 amide bonds. The van der Waals surface area contributed by atoms with Crippen molar-refractivity contribution < 1.29 is 18.3 Å². The second-order valence-electron chi connectivity index (χ2n) is 6.74. The third kappa shape index (κ3) is 5.04. The summed E-state index contributed by atoms with van der Waals surface area (Å²) in [5, 5.41) is 2.93. The predicted molar refractivity (Wildman–Crippen MR) is 83.6 cm³/mol. The number of anilines is 1. The maximum atomic E-state index is 14.3. The fraction of sp³-hybridized carbons (Fsp3) is 0.625. The molecule has 0 spiro atoms. The van der Waals surface area contributed by atoms with E-state index in [9.17, 15) is 13.6 Å². The summed E-state index contributed by atoms with van der Waals surface area (Å²) in [7, 11) is 0. The van der Waals surface area contributed by atoms with Gasteiger partial charge >= 0.3 is 6.09 Å². The van der Waals surface area contributed by atoms with Gasteiger partial charge in [0.05, 0.1) is 6.54 Å². The van der Waals surface area contributed by atoms with Crippen molar-refractivity contribution in [1.82, 2.24) is 9.88 Å². The zero-order valence-electron chi connectivity index (χ0n) is 13.7. The summed E-state index contributed by atoms with van der Waals surface area (Å²) in [5.41, 5.74) is -0.691. The normalized spacial score (nSPS) is 20.9. The molecule has 23 heavy (non-hydrogen) atoms. The standard InChI is InChI=1S/C16H23F2N3O2/c1-15(2,3)23-14(22)21-9-7-12(16(17,18)11-21)10-20-13-6-4-5-8-19-13/h4-6,8,12H,7,9-11H2,1-3H3,(H,19,20). The lowest BCUT2D eigenvalue weighted by molar-refractivity contribution is -0.106. The molecule has 1 aliphatic heterocycles. The molecule has 7 heteroatoms. The molecule has 1 fully saturated rings. The Bertz CT molecular complexity index is 532. The molecular formula is C16H23F2N3O2. The van der Waals surface area contributed by atoms with Gasteiger partial charge in [-0.3, -0.25) is 0 Å². The van der Waals surface area contributed by atoms with Crippen LogP contribution in [0.25, 0.3) is 0 Å². The van der Waals surface area contributed by atoms with Crippen LogP contribution in [-0.4, -0.2) is 47.1 Å². The van der Waals surface area contributed by atoms with Crippen molar-refractivity contribution in [3.05, 3.63) is 24.4 Å². The highest BCUT2D eigenvalue weighted by Gasteiger charge is 2.46. The third-order valence-corrected chi connectivity index (χ3v) is 3.59. The minimum absolute atomic E-state index is 0.117. The van der Waals surface area contributed by atoms with Crippen molar-refractivity contribution in [2.45, 2.75) is 38.7 Å². The number of halogens is 2. The molecule has 0 bridgehead atoms. The van der Waals surface area contributed by atoms with E-state index in [0.29, 0.717) is 5.82 Å². The summed E-state index contributed by atoms with van der Waals surface area (Å²) in [6.45, 7) is 4.91. The van der Waals surface area contributed by atoms with Crippen LogP contribution < -0.4 is 5.32 Å². The smallest absolute Gasteiger partial charge is 0.410 e. The zero-order chi connectivity index (χ0) is 17.1. The molecule has 1 aliphatic rings. The number of likely N-dealkylation sites (tertiary alicyclic amines) is 1. The summed E-state index contributed by atoms with van der Waals surface area (Å²) in [6.07, 6.45) is 1.13. The van der Waals surface area contributed by atoms with Crippen LogP contribution in [0.15, 0.2) is 24.4 Å². The Morgan fingerprint density at radius 2 is 2.22 bits per heavy atom. The molecule has 1 atom stereocenters. The summed E-state index contributed by atoms with van der Waals surface area (Å²) in [4.78, 5) is 17.1. The van der Waals surface area contributed by atoms with Crippen LogP contribution in [0, 0.1) is 5.92 Å². The molecule has 0 radical (unpaired) electrons. The molecule has 2 rings (SSSR count). The van der Waals surface area contributed by atoms with Gasteiger partial charge < -0.3 is 15.0 Å². The number of carbonyl (C=O) groups excluding carboxylic acids is 1. The highest BCUT2D eigenvalue weighted by Crippen LogP contribution is 2.33. The number of carbonyl (C=O) groups is 1. The van der Waals surface area contributed by atoms with Gasteiger partial charge in [-0.05, 0) is 39.3 Å². The van der Waals surface area contributed by atoms with Gasteiger partial charge in [-0.1, -0.05) is 6.07 Å². The molecule has 5 nitrogen and oxygen atoms in total. The highest BCUT2D eigenvalue weighted by atomic mass is 19.3. The van der Waals surface area contributed by atoms with Gasteiger partial charge in [-0.2, -0.15) is 0 Å². The van der Waals surface area contributed by atoms with E-state index in [0.717, 1.165) is 4.90 Å². The van der Waals surface area contributed by atoms with Crippen molar-refractivity contribution in [1.29, 1.82) is 0 Å². The first-order valence-corrected chi connectivity index (χ1v) is 7.68. The van der Waals surface area contributed by atoms with Crippen molar-refractivity contribution >= 4 is 11.9 Å². The summed E-state index contributed by atoms with van der Waals surface area (Å²) < 4.78 is 33.8. The molecule has 2 heterocycles. The number of hydrogen-bond acceptors (Lipinski definition) is 4. The number of piperidine rings is 1. The Morgan fingerprint density at radius 1 is 1.48 bits per heavy atom. The van der Waals surface area contributed by atoms with E-state index < -0.39 is 30.1 Å². The number of nitrogens with zero attached hydrogens (tertiary/aromatic N) is 2. The number of pyridine rings is 1. The molecule has 0 aromatic carbocycles. The maximum Gasteiger partial charge on any atom is 0.410 e. The molecular weight excluding hydrogens is 304 g/mol. The van der Waals surface area contributed by atoms with E-state index in [1.165, 1.54) is 0 Å². The van der Waals surface area contributed by atoms with Gasteiger partial charge in [0.1, 0.15) is 11.4 Å². The van der Waals surface area contributed by atoms with Crippen molar-refractivity contribution in [2.24, 2.45) is 5.92 Å². The summed E-state index contributed by atoms with van der Waals surface area (Å²) in [6, 6.07) is 5.28. The molecule has 1 N–H and O–H groups in total. The molecule has 0 aliphatic carbocycles. The lowest BCUT2D eigenvalue weighted by atomic mass is 9.93. The van der Waals surface area contributed by atoms with Crippen LogP contribution in [0.1, 0.15) is 27.2 Å². The van der Waals surface area contributed by atoms with E-state index in [1.807, 2.05) is 0 Å². The third-order valence-electron chi connectivity index (χ3n) is 3.59. The number of rotatable bonds is 3.